The van der Waals surface area contributed by atoms with E-state index in [0.717, 1.165) is 0 Å². The first-order valence-corrected chi connectivity index (χ1v) is 7.18. The average molecular weight is 339 g/mol. The van der Waals surface area contributed by atoms with Crippen LogP contribution >= 0.6 is 0 Å². The van der Waals surface area contributed by atoms with E-state index in [0.29, 0.717) is 11.3 Å². The lowest BCUT2D eigenvalue weighted by Gasteiger charge is -2.08. The minimum Gasteiger partial charge on any atom is -0.455 e. The molecule has 0 fully saturated rings. The Morgan fingerprint density at radius 3 is 2.76 bits per heavy atom. The first kappa shape index (κ1) is 16.1. The second-order valence-electron chi connectivity index (χ2n) is 5.12. The largest absolute Gasteiger partial charge is 0.455 e. The lowest BCUT2D eigenvalue weighted by atomic mass is 10.2. The van der Waals surface area contributed by atoms with Gasteiger partial charge in [0.1, 0.15) is 11.5 Å². The molecule has 1 amide bonds. The molecule has 9 nitrogen and oxygen atoms in total. The van der Waals surface area contributed by atoms with E-state index >= 15 is 0 Å². The normalized spacial score (nSPS) is 10.3. The van der Waals surface area contributed by atoms with Gasteiger partial charge >= 0.3 is 0 Å². The van der Waals surface area contributed by atoms with Crippen molar-refractivity contribution < 1.29 is 14.5 Å². The number of hydrogen-bond donors (Lipinski definition) is 1. The topological polar surface area (TPSA) is 112 Å². The molecule has 25 heavy (non-hydrogen) atoms. The molecule has 126 valence electrons. The zero-order chi connectivity index (χ0) is 17.8. The number of aromatic nitrogens is 3. The van der Waals surface area contributed by atoms with Gasteiger partial charge in [-0.1, -0.05) is 0 Å². The number of carbonyl (C=O) groups is 1. The summed E-state index contributed by atoms with van der Waals surface area (Å²) in [4.78, 5) is 26.7. The number of nitrogens with one attached hydrogen (secondary N) is 1. The van der Waals surface area contributed by atoms with Gasteiger partial charge in [0.15, 0.2) is 0 Å². The fourth-order valence-corrected chi connectivity index (χ4v) is 2.11. The molecule has 1 N–H and O–H groups in total. The van der Waals surface area contributed by atoms with Gasteiger partial charge in [-0.2, -0.15) is 5.10 Å². The van der Waals surface area contributed by atoms with Crippen molar-refractivity contribution in [3.05, 3.63) is 70.8 Å². The molecule has 0 aliphatic rings. The van der Waals surface area contributed by atoms with Crippen LogP contribution in [0.2, 0.25) is 0 Å². The maximum absolute atomic E-state index is 12.2. The zero-order valence-electron chi connectivity index (χ0n) is 13.1. The molecule has 0 saturated carbocycles. The Morgan fingerprint density at radius 2 is 2.12 bits per heavy atom. The van der Waals surface area contributed by atoms with Crippen molar-refractivity contribution in [2.45, 2.75) is 0 Å². The summed E-state index contributed by atoms with van der Waals surface area (Å²) in [5, 5.41) is 17.6. The van der Waals surface area contributed by atoms with Gasteiger partial charge in [0.2, 0.25) is 0 Å². The molecule has 0 atom stereocenters. The molecule has 1 aromatic carbocycles. The van der Waals surface area contributed by atoms with E-state index in [9.17, 15) is 14.9 Å². The first-order chi connectivity index (χ1) is 12.0. The quantitative estimate of drug-likeness (QED) is 0.565. The van der Waals surface area contributed by atoms with E-state index < -0.39 is 10.8 Å². The van der Waals surface area contributed by atoms with Crippen molar-refractivity contribution in [3.8, 4) is 11.5 Å². The molecule has 2 heterocycles. The van der Waals surface area contributed by atoms with E-state index in [1.54, 1.807) is 31.6 Å². The van der Waals surface area contributed by atoms with Crippen LogP contribution in [0.5, 0.6) is 11.5 Å². The number of nitro benzene ring substituents is 1. The number of hydrogen-bond acceptors (Lipinski definition) is 6. The molecule has 0 unspecified atom stereocenters. The van der Waals surface area contributed by atoms with E-state index in [2.05, 4.69) is 15.4 Å². The van der Waals surface area contributed by atoms with Gasteiger partial charge in [0.05, 0.1) is 34.6 Å². The van der Waals surface area contributed by atoms with Crippen LogP contribution in [0.3, 0.4) is 0 Å². The summed E-state index contributed by atoms with van der Waals surface area (Å²) >= 11 is 0. The number of nitro groups is 1. The molecule has 2 aromatic heterocycles. The summed E-state index contributed by atoms with van der Waals surface area (Å²) in [6.45, 7) is 0. The molecule has 0 saturated heterocycles. The minimum absolute atomic E-state index is 0.206. The Kier molecular flexibility index (Phi) is 4.38. The van der Waals surface area contributed by atoms with Gasteiger partial charge in [-0.3, -0.25) is 24.6 Å². The molecule has 0 radical (unpaired) electrons. The van der Waals surface area contributed by atoms with Crippen LogP contribution in [0.25, 0.3) is 0 Å². The van der Waals surface area contributed by atoms with Crippen molar-refractivity contribution in [1.82, 2.24) is 14.8 Å². The van der Waals surface area contributed by atoms with Gasteiger partial charge < -0.3 is 10.1 Å². The SMILES string of the molecule is Cn1cc(C(=O)Nc2cc(Oc3cccnc3)cc([N+](=O)[O-])c2)cn1. The Labute approximate surface area is 142 Å². The van der Waals surface area contributed by atoms with Crippen LogP contribution in [0.1, 0.15) is 10.4 Å². The predicted octanol–water partition coefficient (Wildman–Crippen LogP) is 2.77. The number of ether oxygens (including phenoxy) is 1. The molecule has 3 rings (SSSR count). The van der Waals surface area contributed by atoms with Gasteiger partial charge in [-0.05, 0) is 12.1 Å². The van der Waals surface area contributed by atoms with Gasteiger partial charge in [-0.15, -0.1) is 0 Å². The monoisotopic (exact) mass is 339 g/mol. The third-order valence-electron chi connectivity index (χ3n) is 3.20. The fraction of sp³-hybridized carbons (Fsp3) is 0.0625. The van der Waals surface area contributed by atoms with Crippen LogP contribution in [0.15, 0.2) is 55.1 Å². The van der Waals surface area contributed by atoms with E-state index in [1.165, 1.54) is 35.3 Å². The summed E-state index contributed by atoms with van der Waals surface area (Å²) in [6.07, 6.45) is 6.01. The van der Waals surface area contributed by atoms with Crippen molar-refractivity contribution in [2.75, 3.05) is 5.32 Å². The molecule has 0 aliphatic heterocycles. The Balaban J connectivity index is 1.87. The number of carbonyl (C=O) groups excluding carboxylic acids is 1. The van der Waals surface area contributed by atoms with E-state index in [-0.39, 0.29) is 17.1 Å². The number of aryl methyl sites for hydroxylation is 1. The van der Waals surface area contributed by atoms with Crippen molar-refractivity contribution in [3.63, 3.8) is 0 Å². The van der Waals surface area contributed by atoms with Gasteiger partial charge in [0.25, 0.3) is 11.6 Å². The number of rotatable bonds is 5. The smallest absolute Gasteiger partial charge is 0.275 e. The number of amides is 1. The first-order valence-electron chi connectivity index (χ1n) is 7.18. The van der Waals surface area contributed by atoms with Crippen LogP contribution in [-0.4, -0.2) is 25.6 Å². The lowest BCUT2D eigenvalue weighted by Crippen LogP contribution is -2.11. The second-order valence-corrected chi connectivity index (χ2v) is 5.12. The van der Waals surface area contributed by atoms with E-state index in [4.69, 9.17) is 4.74 Å². The summed E-state index contributed by atoms with van der Waals surface area (Å²) < 4.78 is 7.05. The highest BCUT2D eigenvalue weighted by Crippen LogP contribution is 2.29. The maximum atomic E-state index is 12.2. The highest BCUT2D eigenvalue weighted by atomic mass is 16.6. The number of benzene rings is 1. The highest BCUT2D eigenvalue weighted by molar-refractivity contribution is 6.04. The number of pyridine rings is 1. The predicted molar refractivity (Wildman–Crippen MR) is 88.6 cm³/mol. The fourth-order valence-electron chi connectivity index (χ4n) is 2.11. The highest BCUT2D eigenvalue weighted by Gasteiger charge is 2.14. The maximum Gasteiger partial charge on any atom is 0.275 e. The average Bonchev–Trinajstić information content (AvgIpc) is 3.02. The second kappa shape index (κ2) is 6.79. The van der Waals surface area contributed by atoms with Crippen LogP contribution in [0.4, 0.5) is 11.4 Å². The van der Waals surface area contributed by atoms with Crippen molar-refractivity contribution in [2.24, 2.45) is 7.05 Å². The summed E-state index contributed by atoms with van der Waals surface area (Å²) in [7, 11) is 1.68. The minimum atomic E-state index is -0.560. The molecular formula is C16H13N5O4. The Bertz CT molecular complexity index is 923. The molecular weight excluding hydrogens is 326 g/mol. The van der Waals surface area contributed by atoms with Gasteiger partial charge in [0, 0.05) is 31.6 Å². The molecule has 0 bridgehead atoms. The van der Waals surface area contributed by atoms with Crippen LogP contribution < -0.4 is 10.1 Å². The number of anilines is 1. The standard InChI is InChI=1S/C16H13N5O4/c1-20-10-11(8-18-20)16(22)19-12-5-13(21(23)24)7-15(6-12)25-14-3-2-4-17-9-14/h2-10H,1H3,(H,19,22). The van der Waals surface area contributed by atoms with Crippen molar-refractivity contribution >= 4 is 17.3 Å². The third-order valence-corrected chi connectivity index (χ3v) is 3.20. The molecule has 0 spiro atoms. The number of non-ortho nitro benzene ring substituents is 1. The molecule has 3 aromatic rings. The summed E-state index contributed by atoms with van der Waals surface area (Å²) in [5.41, 5.74) is 0.369. The van der Waals surface area contributed by atoms with E-state index in [1.807, 2.05) is 0 Å². The lowest BCUT2D eigenvalue weighted by molar-refractivity contribution is -0.384. The molecule has 9 heteroatoms. The number of nitrogens with zero attached hydrogens (tertiary/aromatic N) is 4. The zero-order valence-corrected chi connectivity index (χ0v) is 13.1. The van der Waals surface area contributed by atoms with Crippen LogP contribution in [0, 0.1) is 10.1 Å². The summed E-state index contributed by atoms with van der Waals surface area (Å²) in [6, 6.07) is 7.36. The Hall–Kier alpha value is -3.75. The van der Waals surface area contributed by atoms with Gasteiger partial charge in [-0.25, -0.2) is 0 Å². The van der Waals surface area contributed by atoms with Crippen LogP contribution in [-0.2, 0) is 7.05 Å². The summed E-state index contributed by atoms with van der Waals surface area (Å²) in [5.74, 6) is 0.206. The Morgan fingerprint density at radius 1 is 1.28 bits per heavy atom. The third kappa shape index (κ3) is 3.96. The van der Waals surface area contributed by atoms with Crippen molar-refractivity contribution in [1.29, 1.82) is 0 Å². The molecule has 0 aliphatic carbocycles.